The summed E-state index contributed by atoms with van der Waals surface area (Å²) in [7, 11) is -3.37. The molecule has 1 aliphatic rings. The standard InChI is InChI=1S/C28H34O6S/c1-3-22(2)28(29)34-17-19-35(30,31)18-16-32-14-15-33-27-13-12-26-20-24(10-7-11-25(26)21-27)23-8-5-4-6-9-23/h4-6,8-9,12-13,20-21H,2-3,7,10-11,14-19H2,1H3. The van der Waals surface area contributed by atoms with Gasteiger partial charge in [-0.05, 0) is 60.1 Å². The van der Waals surface area contributed by atoms with E-state index in [0.29, 0.717) is 18.6 Å². The second kappa shape index (κ2) is 13.3. The molecule has 0 fully saturated rings. The molecule has 6 nitrogen and oxygen atoms in total. The molecule has 7 heteroatoms. The topological polar surface area (TPSA) is 78.9 Å². The van der Waals surface area contributed by atoms with Crippen LogP contribution in [0.5, 0.6) is 5.75 Å². The van der Waals surface area contributed by atoms with Crippen LogP contribution in [0.25, 0.3) is 11.6 Å². The van der Waals surface area contributed by atoms with Gasteiger partial charge in [-0.15, -0.1) is 0 Å². The van der Waals surface area contributed by atoms with Crippen molar-refractivity contribution in [1.82, 2.24) is 0 Å². The molecule has 1 aliphatic carbocycles. The number of hydrogen-bond acceptors (Lipinski definition) is 6. The molecular weight excluding hydrogens is 464 g/mol. The van der Waals surface area contributed by atoms with Crippen LogP contribution in [0.4, 0.5) is 0 Å². The summed E-state index contributed by atoms with van der Waals surface area (Å²) in [5, 5.41) is 0. The third-order valence-electron chi connectivity index (χ3n) is 5.86. The minimum atomic E-state index is -3.37. The smallest absolute Gasteiger partial charge is 0.333 e. The van der Waals surface area contributed by atoms with Crippen molar-refractivity contribution in [3.63, 3.8) is 0 Å². The molecule has 0 amide bonds. The quantitative estimate of drug-likeness (QED) is 0.222. The third-order valence-corrected chi connectivity index (χ3v) is 7.44. The molecule has 0 aromatic heterocycles. The van der Waals surface area contributed by atoms with Gasteiger partial charge in [0.05, 0.1) is 24.7 Å². The highest BCUT2D eigenvalue weighted by atomic mass is 32.2. The zero-order valence-electron chi connectivity index (χ0n) is 20.3. The molecule has 188 valence electrons. The lowest BCUT2D eigenvalue weighted by molar-refractivity contribution is -0.138. The molecule has 35 heavy (non-hydrogen) atoms. The van der Waals surface area contributed by atoms with Crippen LogP contribution in [0.2, 0.25) is 0 Å². The summed E-state index contributed by atoms with van der Waals surface area (Å²) < 4.78 is 40.3. The van der Waals surface area contributed by atoms with E-state index < -0.39 is 15.8 Å². The molecule has 0 unspecified atom stereocenters. The maximum Gasteiger partial charge on any atom is 0.333 e. The predicted molar refractivity (Wildman–Crippen MR) is 139 cm³/mol. The highest BCUT2D eigenvalue weighted by molar-refractivity contribution is 7.91. The van der Waals surface area contributed by atoms with Gasteiger partial charge in [-0.1, -0.05) is 56.0 Å². The number of esters is 1. The summed E-state index contributed by atoms with van der Waals surface area (Å²) in [5.41, 5.74) is 5.44. The first-order valence-electron chi connectivity index (χ1n) is 12.0. The fraction of sp³-hybridized carbons (Fsp3) is 0.393. The van der Waals surface area contributed by atoms with Gasteiger partial charge < -0.3 is 14.2 Å². The molecule has 0 bridgehead atoms. The van der Waals surface area contributed by atoms with Gasteiger partial charge in [0.25, 0.3) is 0 Å². The Labute approximate surface area is 208 Å². The van der Waals surface area contributed by atoms with E-state index in [1.54, 1.807) is 6.92 Å². The number of allylic oxidation sites excluding steroid dienone is 1. The second-order valence-electron chi connectivity index (χ2n) is 8.46. The summed E-state index contributed by atoms with van der Waals surface area (Å²) >= 11 is 0. The lowest BCUT2D eigenvalue weighted by Crippen LogP contribution is -2.21. The Kier molecular flexibility index (Phi) is 10.1. The van der Waals surface area contributed by atoms with Crippen molar-refractivity contribution < 1.29 is 27.4 Å². The Hall–Kier alpha value is -2.90. The van der Waals surface area contributed by atoms with Crippen molar-refractivity contribution in [3.05, 3.63) is 77.4 Å². The number of benzene rings is 2. The lowest BCUT2D eigenvalue weighted by atomic mass is 10.0. The fourth-order valence-corrected chi connectivity index (χ4v) is 4.67. The van der Waals surface area contributed by atoms with Gasteiger partial charge in [-0.3, -0.25) is 0 Å². The van der Waals surface area contributed by atoms with E-state index in [1.165, 1.54) is 22.3 Å². The van der Waals surface area contributed by atoms with E-state index in [-0.39, 0.29) is 31.3 Å². The Morgan fingerprint density at radius 2 is 1.74 bits per heavy atom. The summed E-state index contributed by atoms with van der Waals surface area (Å²) in [6, 6.07) is 16.6. The van der Waals surface area contributed by atoms with Crippen LogP contribution in [-0.2, 0) is 30.5 Å². The number of ether oxygens (including phenoxy) is 3. The molecular formula is C28H34O6S. The summed E-state index contributed by atoms with van der Waals surface area (Å²) in [4.78, 5) is 11.5. The monoisotopic (exact) mass is 498 g/mol. The molecule has 0 radical (unpaired) electrons. The number of carbonyl (C=O) groups excluding carboxylic acids is 1. The molecule has 0 saturated carbocycles. The molecule has 0 heterocycles. The van der Waals surface area contributed by atoms with Crippen molar-refractivity contribution in [2.75, 3.05) is 37.9 Å². The van der Waals surface area contributed by atoms with Crippen LogP contribution in [0.3, 0.4) is 0 Å². The average molecular weight is 499 g/mol. The first-order chi connectivity index (χ1) is 16.9. The largest absolute Gasteiger partial charge is 0.491 e. The number of fused-ring (bicyclic) bond motifs is 1. The number of rotatable bonds is 13. The predicted octanol–water partition coefficient (Wildman–Crippen LogP) is 4.88. The van der Waals surface area contributed by atoms with Gasteiger partial charge in [0.15, 0.2) is 9.84 Å². The molecule has 2 aromatic rings. The number of hydrogen-bond donors (Lipinski definition) is 0. The fourth-order valence-electron chi connectivity index (χ4n) is 3.75. The summed E-state index contributed by atoms with van der Waals surface area (Å²) in [5.74, 6) is -0.132. The Morgan fingerprint density at radius 1 is 0.971 bits per heavy atom. The molecule has 3 rings (SSSR count). The van der Waals surface area contributed by atoms with E-state index in [2.05, 4.69) is 49.1 Å². The number of aryl methyl sites for hydroxylation is 1. The van der Waals surface area contributed by atoms with Gasteiger partial charge in [0, 0.05) is 5.57 Å². The third kappa shape index (κ3) is 8.67. The van der Waals surface area contributed by atoms with Crippen molar-refractivity contribution in [2.24, 2.45) is 0 Å². The molecule has 0 spiro atoms. The van der Waals surface area contributed by atoms with Crippen LogP contribution < -0.4 is 4.74 Å². The molecule has 2 aromatic carbocycles. The average Bonchev–Trinajstić information content (AvgIpc) is 3.08. The van der Waals surface area contributed by atoms with E-state index in [4.69, 9.17) is 14.2 Å². The van der Waals surface area contributed by atoms with Crippen LogP contribution in [0.15, 0.2) is 60.7 Å². The van der Waals surface area contributed by atoms with Gasteiger partial charge >= 0.3 is 5.97 Å². The molecule has 0 saturated heterocycles. The maximum atomic E-state index is 12.1. The van der Waals surface area contributed by atoms with Crippen LogP contribution in [-0.4, -0.2) is 52.3 Å². The first-order valence-corrected chi connectivity index (χ1v) is 13.8. The number of sulfone groups is 1. The lowest BCUT2D eigenvalue weighted by Gasteiger charge is -2.11. The van der Waals surface area contributed by atoms with Crippen molar-refractivity contribution >= 4 is 27.5 Å². The Balaban J connectivity index is 1.38. The van der Waals surface area contributed by atoms with E-state index >= 15 is 0 Å². The Morgan fingerprint density at radius 3 is 2.51 bits per heavy atom. The first kappa shape index (κ1) is 26.7. The van der Waals surface area contributed by atoms with Gasteiger partial charge in [-0.2, -0.15) is 0 Å². The maximum absolute atomic E-state index is 12.1. The van der Waals surface area contributed by atoms with Gasteiger partial charge in [0.1, 0.15) is 19.0 Å². The zero-order valence-corrected chi connectivity index (χ0v) is 21.1. The van der Waals surface area contributed by atoms with E-state index in [1.807, 2.05) is 12.1 Å². The van der Waals surface area contributed by atoms with Crippen LogP contribution in [0.1, 0.15) is 42.9 Å². The minimum absolute atomic E-state index is 0.0680. The van der Waals surface area contributed by atoms with Crippen molar-refractivity contribution in [3.8, 4) is 5.75 Å². The molecule has 0 atom stereocenters. The van der Waals surface area contributed by atoms with E-state index in [0.717, 1.165) is 25.0 Å². The highest BCUT2D eigenvalue weighted by Crippen LogP contribution is 2.31. The van der Waals surface area contributed by atoms with Gasteiger partial charge in [0.2, 0.25) is 0 Å². The highest BCUT2D eigenvalue weighted by Gasteiger charge is 2.14. The SMILES string of the molecule is C=C(CC)C(=O)OCCS(=O)(=O)CCOCCOc1ccc2c(c1)CCCC(c1ccccc1)=C2. The van der Waals surface area contributed by atoms with Crippen LogP contribution >= 0.6 is 0 Å². The molecule has 0 aliphatic heterocycles. The van der Waals surface area contributed by atoms with E-state index in [9.17, 15) is 13.2 Å². The van der Waals surface area contributed by atoms with Crippen molar-refractivity contribution in [2.45, 2.75) is 32.6 Å². The molecule has 0 N–H and O–H groups in total. The summed E-state index contributed by atoms with van der Waals surface area (Å²) in [6.45, 7) is 5.87. The second-order valence-corrected chi connectivity index (χ2v) is 10.8. The van der Waals surface area contributed by atoms with Crippen LogP contribution in [0, 0.1) is 0 Å². The minimum Gasteiger partial charge on any atom is -0.491 e. The number of carbonyl (C=O) groups is 1. The normalized spacial score (nSPS) is 13.3. The Bertz CT molecular complexity index is 1140. The zero-order chi connectivity index (χ0) is 25.1. The van der Waals surface area contributed by atoms with Gasteiger partial charge in [-0.25, -0.2) is 13.2 Å². The summed E-state index contributed by atoms with van der Waals surface area (Å²) in [6.07, 6.45) is 5.87. The van der Waals surface area contributed by atoms with Crippen molar-refractivity contribution in [1.29, 1.82) is 0 Å².